The fourth-order valence-corrected chi connectivity index (χ4v) is 1.44. The van der Waals surface area contributed by atoms with E-state index in [9.17, 15) is 20.1 Å². The van der Waals surface area contributed by atoms with Gasteiger partial charge in [0.2, 0.25) is 5.91 Å². The Labute approximate surface area is 81.5 Å². The number of carbonyl (C=O) groups is 1. The van der Waals surface area contributed by atoms with Crippen LogP contribution in [0.25, 0.3) is 0 Å². The third-order valence-electron chi connectivity index (χ3n) is 2.23. The summed E-state index contributed by atoms with van der Waals surface area (Å²) in [5.41, 5.74) is 0. The van der Waals surface area contributed by atoms with E-state index in [1.165, 1.54) is 13.8 Å². The Bertz CT molecular complexity index is 222. The van der Waals surface area contributed by atoms with Gasteiger partial charge in [0.15, 0.2) is 6.29 Å². The molecule has 1 rings (SSSR count). The lowest BCUT2D eigenvalue weighted by Gasteiger charge is -2.39. The number of aliphatic hydroxyl groups excluding tert-OH is 3. The molecule has 14 heavy (non-hydrogen) atoms. The first kappa shape index (κ1) is 11.4. The highest BCUT2D eigenvalue weighted by Gasteiger charge is 2.42. The Morgan fingerprint density at radius 1 is 1.29 bits per heavy atom. The van der Waals surface area contributed by atoms with Crippen molar-refractivity contribution in [1.29, 1.82) is 0 Å². The maximum Gasteiger partial charge on any atom is 0.217 e. The number of hydrogen-bond donors (Lipinski definition) is 4. The first-order valence-electron chi connectivity index (χ1n) is 4.40. The van der Waals surface area contributed by atoms with Crippen molar-refractivity contribution in [2.45, 2.75) is 44.5 Å². The number of carbonyl (C=O) groups excluding carboxylic acids is 1. The summed E-state index contributed by atoms with van der Waals surface area (Å²) in [6.45, 7) is 2.78. The molecule has 1 fully saturated rings. The van der Waals surface area contributed by atoms with Crippen molar-refractivity contribution in [1.82, 2.24) is 5.32 Å². The molecule has 0 radical (unpaired) electrons. The molecule has 1 aliphatic heterocycles. The maximum absolute atomic E-state index is 10.7. The van der Waals surface area contributed by atoms with Crippen molar-refractivity contribution in [2.24, 2.45) is 0 Å². The van der Waals surface area contributed by atoms with Crippen LogP contribution in [0.5, 0.6) is 0 Å². The average Bonchev–Trinajstić information content (AvgIpc) is 2.09. The monoisotopic (exact) mass is 205 g/mol. The molecule has 0 aromatic carbocycles. The molecule has 0 aromatic heterocycles. The molecule has 0 aliphatic carbocycles. The zero-order valence-corrected chi connectivity index (χ0v) is 8.04. The van der Waals surface area contributed by atoms with Crippen molar-refractivity contribution < 1.29 is 24.9 Å². The predicted octanol–water partition coefficient (Wildman–Crippen LogP) is -2.05. The standard InChI is InChI=1S/C8H15NO5/c1-3-6(11)7(12)5(8(13)14-3)9-4(2)10/h3,5-8,11-13H,1-2H3,(H,9,10)/t3-,5-,6+,7-,8+/m1/s1. The zero-order valence-electron chi connectivity index (χ0n) is 8.04. The van der Waals surface area contributed by atoms with Gasteiger partial charge in [-0.05, 0) is 6.92 Å². The topological polar surface area (TPSA) is 99.0 Å². The quantitative estimate of drug-likeness (QED) is 0.395. The van der Waals surface area contributed by atoms with Gasteiger partial charge in [-0.3, -0.25) is 4.79 Å². The highest BCUT2D eigenvalue weighted by atomic mass is 16.6. The van der Waals surface area contributed by atoms with E-state index < -0.39 is 36.6 Å². The van der Waals surface area contributed by atoms with Crippen LogP contribution >= 0.6 is 0 Å². The van der Waals surface area contributed by atoms with Crippen LogP contribution in [0, 0.1) is 0 Å². The van der Waals surface area contributed by atoms with E-state index in [1.807, 2.05) is 0 Å². The molecule has 5 atom stereocenters. The lowest BCUT2D eigenvalue weighted by molar-refractivity contribution is -0.242. The number of nitrogens with one attached hydrogen (secondary N) is 1. The van der Waals surface area contributed by atoms with Gasteiger partial charge in [0.05, 0.1) is 6.10 Å². The minimum absolute atomic E-state index is 0.404. The van der Waals surface area contributed by atoms with Gasteiger partial charge in [-0.15, -0.1) is 0 Å². The normalized spacial score (nSPS) is 43.4. The summed E-state index contributed by atoms with van der Waals surface area (Å²) < 4.78 is 4.91. The summed E-state index contributed by atoms with van der Waals surface area (Å²) in [4.78, 5) is 10.7. The molecule has 6 nitrogen and oxygen atoms in total. The Morgan fingerprint density at radius 3 is 2.36 bits per heavy atom. The van der Waals surface area contributed by atoms with E-state index in [-0.39, 0.29) is 0 Å². The molecule has 0 bridgehead atoms. The summed E-state index contributed by atoms with van der Waals surface area (Å²) >= 11 is 0. The highest BCUT2D eigenvalue weighted by molar-refractivity contribution is 5.73. The highest BCUT2D eigenvalue weighted by Crippen LogP contribution is 2.19. The lowest BCUT2D eigenvalue weighted by Crippen LogP contribution is -2.62. The van der Waals surface area contributed by atoms with Crippen LogP contribution in [0.2, 0.25) is 0 Å². The van der Waals surface area contributed by atoms with Crippen molar-refractivity contribution in [3.05, 3.63) is 0 Å². The summed E-state index contributed by atoms with van der Waals surface area (Å²) in [5, 5.41) is 30.6. The molecule has 0 saturated carbocycles. The van der Waals surface area contributed by atoms with Crippen LogP contribution in [0.1, 0.15) is 13.8 Å². The van der Waals surface area contributed by atoms with Gasteiger partial charge in [-0.25, -0.2) is 0 Å². The molecular weight excluding hydrogens is 190 g/mol. The molecule has 1 amide bonds. The van der Waals surface area contributed by atoms with Crippen LogP contribution in [0.4, 0.5) is 0 Å². The molecule has 0 spiro atoms. The van der Waals surface area contributed by atoms with E-state index in [0.29, 0.717) is 0 Å². The largest absolute Gasteiger partial charge is 0.388 e. The Hall–Kier alpha value is -0.690. The molecule has 1 aliphatic rings. The molecule has 1 saturated heterocycles. The summed E-state index contributed by atoms with van der Waals surface area (Å²) in [6.07, 6.45) is -4.30. The van der Waals surface area contributed by atoms with Crippen molar-refractivity contribution in [2.75, 3.05) is 0 Å². The van der Waals surface area contributed by atoms with Gasteiger partial charge < -0.3 is 25.4 Å². The van der Waals surface area contributed by atoms with Gasteiger partial charge in [-0.2, -0.15) is 0 Å². The molecule has 0 aromatic rings. The molecular formula is C8H15NO5. The van der Waals surface area contributed by atoms with Gasteiger partial charge in [0.25, 0.3) is 0 Å². The Kier molecular flexibility index (Phi) is 3.43. The molecule has 4 N–H and O–H groups in total. The van der Waals surface area contributed by atoms with E-state index in [4.69, 9.17) is 4.74 Å². The van der Waals surface area contributed by atoms with Gasteiger partial charge in [0.1, 0.15) is 18.2 Å². The van der Waals surface area contributed by atoms with Gasteiger partial charge in [0, 0.05) is 6.92 Å². The third kappa shape index (κ3) is 2.21. The minimum atomic E-state index is -1.30. The van der Waals surface area contributed by atoms with Crippen molar-refractivity contribution in [3.63, 3.8) is 0 Å². The molecule has 82 valence electrons. The van der Waals surface area contributed by atoms with Crippen LogP contribution in [0.15, 0.2) is 0 Å². The van der Waals surface area contributed by atoms with E-state index in [0.717, 1.165) is 0 Å². The van der Waals surface area contributed by atoms with Crippen LogP contribution in [0.3, 0.4) is 0 Å². The summed E-state index contributed by atoms with van der Waals surface area (Å²) in [7, 11) is 0. The first-order valence-corrected chi connectivity index (χ1v) is 4.40. The number of rotatable bonds is 1. The molecule has 0 unspecified atom stereocenters. The van der Waals surface area contributed by atoms with Crippen molar-refractivity contribution >= 4 is 5.91 Å². The molecule has 6 heteroatoms. The summed E-state index contributed by atoms with van der Waals surface area (Å²) in [5.74, 6) is -0.404. The zero-order chi connectivity index (χ0) is 10.9. The van der Waals surface area contributed by atoms with Crippen LogP contribution < -0.4 is 5.32 Å². The average molecular weight is 205 g/mol. The smallest absolute Gasteiger partial charge is 0.217 e. The lowest BCUT2D eigenvalue weighted by atomic mass is 9.98. The fraction of sp³-hybridized carbons (Fsp3) is 0.875. The second-order valence-electron chi connectivity index (χ2n) is 3.44. The van der Waals surface area contributed by atoms with Crippen LogP contribution in [-0.2, 0) is 9.53 Å². The second kappa shape index (κ2) is 4.22. The number of amides is 1. The Morgan fingerprint density at radius 2 is 1.86 bits per heavy atom. The minimum Gasteiger partial charge on any atom is -0.388 e. The SMILES string of the molecule is CC(=O)N[C@@H]1[C@@H](O)[C@@H](O)[C@@H](C)O[C@@H]1O. The second-order valence-corrected chi connectivity index (χ2v) is 3.44. The van der Waals surface area contributed by atoms with E-state index in [1.54, 1.807) is 0 Å². The maximum atomic E-state index is 10.7. The van der Waals surface area contributed by atoms with E-state index in [2.05, 4.69) is 5.32 Å². The number of aliphatic hydroxyl groups is 3. The third-order valence-corrected chi connectivity index (χ3v) is 2.23. The number of hydrogen-bond acceptors (Lipinski definition) is 5. The predicted molar refractivity (Wildman–Crippen MR) is 46.2 cm³/mol. The first-order chi connectivity index (χ1) is 6.43. The summed E-state index contributed by atoms with van der Waals surface area (Å²) in [6, 6.07) is -0.987. The van der Waals surface area contributed by atoms with Crippen LogP contribution in [-0.4, -0.2) is 51.9 Å². The van der Waals surface area contributed by atoms with Gasteiger partial charge >= 0.3 is 0 Å². The Balaban J connectivity index is 2.68. The number of ether oxygens (including phenoxy) is 1. The van der Waals surface area contributed by atoms with Gasteiger partial charge in [-0.1, -0.05) is 0 Å². The van der Waals surface area contributed by atoms with E-state index >= 15 is 0 Å². The molecule has 1 heterocycles. The van der Waals surface area contributed by atoms with Crippen molar-refractivity contribution in [3.8, 4) is 0 Å². The fourth-order valence-electron chi connectivity index (χ4n) is 1.44.